The van der Waals surface area contributed by atoms with Crippen LogP contribution in [0.5, 0.6) is 5.75 Å². The average molecular weight is 323 g/mol. The minimum Gasteiger partial charge on any atom is -0.496 e. The average Bonchev–Trinajstić information content (AvgIpc) is 3.20. The first-order valence-corrected chi connectivity index (χ1v) is 7.99. The van der Waals surface area contributed by atoms with E-state index < -0.39 is 0 Å². The molecule has 0 unspecified atom stereocenters. The van der Waals surface area contributed by atoms with Crippen molar-refractivity contribution in [3.05, 3.63) is 71.2 Å². The summed E-state index contributed by atoms with van der Waals surface area (Å²) in [6.07, 6.45) is 1.56. The Hall–Kier alpha value is -2.82. The zero-order valence-electron chi connectivity index (χ0n) is 13.4. The van der Waals surface area contributed by atoms with Gasteiger partial charge in [-0.3, -0.25) is 0 Å². The van der Waals surface area contributed by atoms with Crippen LogP contribution in [-0.2, 0) is 12.8 Å². The first-order chi connectivity index (χ1) is 11.8. The summed E-state index contributed by atoms with van der Waals surface area (Å²) in [6.45, 7) is 0.848. The van der Waals surface area contributed by atoms with E-state index >= 15 is 0 Å². The number of nitrogens with zero attached hydrogens (tertiary/aromatic N) is 2. The van der Waals surface area contributed by atoms with E-state index in [2.05, 4.69) is 5.32 Å². The molecular weight excluding hydrogens is 305 g/mol. The highest BCUT2D eigenvalue weighted by Gasteiger charge is 2.24. The van der Waals surface area contributed by atoms with Gasteiger partial charge in [0, 0.05) is 24.1 Å². The summed E-state index contributed by atoms with van der Waals surface area (Å²) in [7, 11) is 1.67. The van der Waals surface area contributed by atoms with Crippen LogP contribution in [0.3, 0.4) is 0 Å². The first kappa shape index (κ1) is 14.8. The Morgan fingerprint density at radius 2 is 1.96 bits per heavy atom. The second kappa shape index (κ2) is 6.00. The summed E-state index contributed by atoms with van der Waals surface area (Å²) in [5, 5.41) is 8.02. The minimum absolute atomic E-state index is 0.277. The van der Waals surface area contributed by atoms with Crippen LogP contribution in [-0.4, -0.2) is 23.4 Å². The van der Waals surface area contributed by atoms with E-state index in [1.165, 1.54) is 6.07 Å². The molecule has 1 aliphatic rings. The van der Waals surface area contributed by atoms with Crippen molar-refractivity contribution in [2.24, 2.45) is 0 Å². The fourth-order valence-corrected chi connectivity index (χ4v) is 3.22. The summed E-state index contributed by atoms with van der Waals surface area (Å²) >= 11 is 0. The van der Waals surface area contributed by atoms with Gasteiger partial charge in [-0.15, -0.1) is 0 Å². The highest BCUT2D eigenvalue weighted by molar-refractivity contribution is 5.58. The van der Waals surface area contributed by atoms with E-state index in [-0.39, 0.29) is 5.82 Å². The zero-order valence-corrected chi connectivity index (χ0v) is 13.4. The Morgan fingerprint density at radius 1 is 1.17 bits per heavy atom. The molecule has 4 rings (SSSR count). The number of fused-ring (bicyclic) bond motifs is 1. The van der Waals surface area contributed by atoms with Crippen molar-refractivity contribution in [1.29, 1.82) is 0 Å². The molecule has 0 spiro atoms. The molecule has 1 aliphatic heterocycles. The van der Waals surface area contributed by atoms with E-state index in [0.717, 1.165) is 41.4 Å². The maximum Gasteiger partial charge on any atom is 0.148 e. The maximum atomic E-state index is 14.2. The summed E-state index contributed by atoms with van der Waals surface area (Å²) in [5.41, 5.74) is 3.66. The number of benzene rings is 2. The Kier molecular flexibility index (Phi) is 3.69. The molecule has 0 fully saturated rings. The second-order valence-electron chi connectivity index (χ2n) is 5.80. The molecule has 122 valence electrons. The SMILES string of the molecule is COc1ccccc1Cc1nn(-c2ccccc2F)c2c1CCN2. The van der Waals surface area contributed by atoms with Crippen LogP contribution >= 0.6 is 0 Å². The number of nitrogens with one attached hydrogen (secondary N) is 1. The molecule has 0 aliphatic carbocycles. The molecule has 0 bridgehead atoms. The minimum atomic E-state index is -0.277. The fourth-order valence-electron chi connectivity index (χ4n) is 3.22. The number of anilines is 1. The Labute approximate surface area is 139 Å². The van der Waals surface area contributed by atoms with Crippen LogP contribution in [0.2, 0.25) is 0 Å². The van der Waals surface area contributed by atoms with Gasteiger partial charge >= 0.3 is 0 Å². The fraction of sp³-hybridized carbons (Fsp3) is 0.211. The number of methoxy groups -OCH3 is 1. The molecular formula is C19H18FN3O. The van der Waals surface area contributed by atoms with Gasteiger partial charge in [-0.25, -0.2) is 9.07 Å². The van der Waals surface area contributed by atoms with Crippen LogP contribution in [0.1, 0.15) is 16.8 Å². The standard InChI is InChI=1S/C19H18FN3O/c1-24-18-9-5-2-6-13(18)12-16-14-10-11-21-19(14)23(22-16)17-8-4-3-7-15(17)20/h2-9,21H,10-12H2,1H3. The van der Waals surface area contributed by atoms with E-state index in [4.69, 9.17) is 9.84 Å². The summed E-state index contributed by atoms with van der Waals surface area (Å²) in [4.78, 5) is 0. The van der Waals surface area contributed by atoms with Gasteiger partial charge in [0.15, 0.2) is 0 Å². The van der Waals surface area contributed by atoms with Gasteiger partial charge in [-0.2, -0.15) is 5.10 Å². The molecule has 0 radical (unpaired) electrons. The molecule has 24 heavy (non-hydrogen) atoms. The van der Waals surface area contributed by atoms with Gasteiger partial charge in [0.1, 0.15) is 23.1 Å². The molecule has 1 N–H and O–H groups in total. The molecule has 3 aromatic rings. The van der Waals surface area contributed by atoms with E-state index in [0.29, 0.717) is 12.1 Å². The monoisotopic (exact) mass is 323 g/mol. The van der Waals surface area contributed by atoms with Crippen LogP contribution in [0.25, 0.3) is 5.69 Å². The van der Waals surface area contributed by atoms with Crippen LogP contribution < -0.4 is 10.1 Å². The van der Waals surface area contributed by atoms with Gasteiger partial charge in [-0.05, 0) is 24.6 Å². The van der Waals surface area contributed by atoms with Crippen LogP contribution in [0.4, 0.5) is 10.2 Å². The lowest BCUT2D eigenvalue weighted by Crippen LogP contribution is -2.06. The molecule has 0 amide bonds. The second-order valence-corrected chi connectivity index (χ2v) is 5.80. The van der Waals surface area contributed by atoms with Crippen molar-refractivity contribution < 1.29 is 9.13 Å². The summed E-state index contributed by atoms with van der Waals surface area (Å²) in [5.74, 6) is 1.46. The normalized spacial score (nSPS) is 12.8. The number of rotatable bonds is 4. The number of hydrogen-bond donors (Lipinski definition) is 1. The van der Waals surface area contributed by atoms with Gasteiger partial charge < -0.3 is 10.1 Å². The molecule has 5 heteroatoms. The maximum absolute atomic E-state index is 14.2. The number of aromatic nitrogens is 2. The first-order valence-electron chi connectivity index (χ1n) is 7.99. The van der Waals surface area contributed by atoms with Gasteiger partial charge in [0.05, 0.1) is 12.8 Å². The largest absolute Gasteiger partial charge is 0.496 e. The molecule has 2 heterocycles. The quantitative estimate of drug-likeness (QED) is 0.798. The summed E-state index contributed by atoms with van der Waals surface area (Å²) < 4.78 is 21.3. The van der Waals surface area contributed by atoms with Gasteiger partial charge in [-0.1, -0.05) is 30.3 Å². The smallest absolute Gasteiger partial charge is 0.148 e. The third-order valence-corrected chi connectivity index (χ3v) is 4.37. The Balaban J connectivity index is 1.78. The summed E-state index contributed by atoms with van der Waals surface area (Å²) in [6, 6.07) is 14.6. The molecule has 0 saturated heterocycles. The lowest BCUT2D eigenvalue weighted by atomic mass is 10.0. The predicted molar refractivity (Wildman–Crippen MR) is 91.5 cm³/mol. The van der Waals surface area contributed by atoms with Crippen LogP contribution in [0.15, 0.2) is 48.5 Å². The number of halogens is 1. The number of ether oxygens (including phenoxy) is 1. The van der Waals surface area contributed by atoms with Crippen molar-refractivity contribution in [3.63, 3.8) is 0 Å². The van der Waals surface area contributed by atoms with E-state index in [9.17, 15) is 4.39 Å². The number of hydrogen-bond acceptors (Lipinski definition) is 3. The lowest BCUT2D eigenvalue weighted by Gasteiger charge is -2.08. The van der Waals surface area contributed by atoms with Crippen molar-refractivity contribution >= 4 is 5.82 Å². The van der Waals surface area contributed by atoms with Crippen LogP contribution in [0, 0.1) is 5.82 Å². The molecule has 4 nitrogen and oxygen atoms in total. The number of para-hydroxylation sites is 2. The lowest BCUT2D eigenvalue weighted by molar-refractivity contribution is 0.410. The van der Waals surface area contributed by atoms with Crippen molar-refractivity contribution in [2.75, 3.05) is 19.0 Å². The van der Waals surface area contributed by atoms with Gasteiger partial charge in [0.2, 0.25) is 0 Å². The topological polar surface area (TPSA) is 39.1 Å². The Morgan fingerprint density at radius 3 is 2.79 bits per heavy atom. The molecule has 2 aromatic carbocycles. The van der Waals surface area contributed by atoms with Crippen molar-refractivity contribution in [1.82, 2.24) is 9.78 Å². The molecule has 0 saturated carbocycles. The highest BCUT2D eigenvalue weighted by Crippen LogP contribution is 2.32. The third-order valence-electron chi connectivity index (χ3n) is 4.37. The zero-order chi connectivity index (χ0) is 16.5. The Bertz CT molecular complexity index is 888. The predicted octanol–water partition coefficient (Wildman–Crippen LogP) is 3.58. The third kappa shape index (κ3) is 2.42. The van der Waals surface area contributed by atoms with Crippen molar-refractivity contribution in [2.45, 2.75) is 12.8 Å². The van der Waals surface area contributed by atoms with E-state index in [1.54, 1.807) is 23.9 Å². The van der Waals surface area contributed by atoms with E-state index in [1.807, 2.05) is 30.3 Å². The van der Waals surface area contributed by atoms with Crippen molar-refractivity contribution in [3.8, 4) is 11.4 Å². The molecule has 0 atom stereocenters. The van der Waals surface area contributed by atoms with Gasteiger partial charge in [0.25, 0.3) is 0 Å². The molecule has 1 aromatic heterocycles. The highest BCUT2D eigenvalue weighted by atomic mass is 19.1.